The van der Waals surface area contributed by atoms with Gasteiger partial charge in [0.1, 0.15) is 0 Å². The summed E-state index contributed by atoms with van der Waals surface area (Å²) in [5, 5.41) is 40.7. The van der Waals surface area contributed by atoms with Crippen molar-refractivity contribution in [2.45, 2.75) is 13.8 Å². The Balaban J connectivity index is 0.000000240. The maximum Gasteiger partial charge on any atom is 0.462 e. The van der Waals surface area contributed by atoms with E-state index in [1.807, 2.05) is 0 Å². The number of H-pyrrole nitrogens is 2. The number of nitrogens with one attached hydrogen (secondary N) is 2. The van der Waals surface area contributed by atoms with Crippen molar-refractivity contribution in [3.8, 4) is 0 Å². The molecule has 0 radical (unpaired) electrons. The highest BCUT2D eigenvalue weighted by Gasteiger charge is 2.30. The van der Waals surface area contributed by atoms with Crippen molar-refractivity contribution in [3.05, 3.63) is 52.1 Å². The smallest absolute Gasteiger partial charge is 0.358 e. The molecule has 2 rings (SSSR count). The van der Waals surface area contributed by atoms with Gasteiger partial charge in [-0.15, -0.1) is 0 Å². The third-order valence-electron chi connectivity index (χ3n) is 2.28. The Morgan fingerprint density at radius 2 is 0.958 bits per heavy atom. The summed E-state index contributed by atoms with van der Waals surface area (Å²) in [6.07, 6.45) is 0. The lowest BCUT2D eigenvalue weighted by molar-refractivity contribution is -0.427. The molecule has 2 heterocycles. The number of nitro groups is 4. The third kappa shape index (κ3) is 4.02. The minimum Gasteiger partial charge on any atom is -0.358 e. The number of aromatic amines is 2. The molecular weight excluding hydrogens is 336 g/mol. The van der Waals surface area contributed by atoms with Gasteiger partial charge in [0.25, 0.3) is 0 Å². The van der Waals surface area contributed by atoms with Crippen LogP contribution in [0, 0.1) is 54.3 Å². The van der Waals surface area contributed by atoms with Gasteiger partial charge in [0.05, 0.1) is 0 Å². The molecule has 0 saturated carbocycles. The fourth-order valence-electron chi connectivity index (χ4n) is 1.44. The highest BCUT2D eigenvalue weighted by Crippen LogP contribution is 2.22. The van der Waals surface area contributed by atoms with E-state index in [0.717, 1.165) is 0 Å². The van der Waals surface area contributed by atoms with Crippen molar-refractivity contribution in [3.63, 3.8) is 0 Å². The first-order valence-electron chi connectivity index (χ1n) is 5.75. The molecule has 0 fully saturated rings. The highest BCUT2D eigenvalue weighted by molar-refractivity contribution is 5.41. The van der Waals surface area contributed by atoms with Crippen molar-refractivity contribution < 1.29 is 19.7 Å². The maximum absolute atomic E-state index is 10.2. The van der Waals surface area contributed by atoms with Crippen LogP contribution in [0.2, 0.25) is 0 Å². The molecule has 0 atom stereocenters. The highest BCUT2D eigenvalue weighted by atomic mass is 16.6. The molecule has 0 aromatic carbocycles. The lowest BCUT2D eigenvalue weighted by atomic mass is 10.7. The molecule has 0 aliphatic carbocycles. The molecule has 24 heavy (non-hydrogen) atoms. The Morgan fingerprint density at radius 3 is 1.12 bits per heavy atom. The van der Waals surface area contributed by atoms with E-state index in [2.05, 4.69) is 19.9 Å². The van der Waals surface area contributed by atoms with Crippen molar-refractivity contribution in [1.82, 2.24) is 19.9 Å². The van der Waals surface area contributed by atoms with E-state index in [1.165, 1.54) is 13.8 Å². The van der Waals surface area contributed by atoms with Crippen molar-refractivity contribution >= 4 is 23.3 Å². The van der Waals surface area contributed by atoms with E-state index >= 15 is 0 Å². The Labute approximate surface area is 130 Å². The summed E-state index contributed by atoms with van der Waals surface area (Å²) < 4.78 is 0. The van der Waals surface area contributed by atoms with Gasteiger partial charge in [0, 0.05) is 23.8 Å². The first kappa shape index (κ1) is 18.1. The number of aromatic nitrogens is 4. The topological polar surface area (TPSA) is 230 Å². The standard InChI is InChI=1S/2C4H4N4O4/c2*1-2-5-3(7(9)10)4(6-2)8(11)12/h2*1H3,(H,5,6). The van der Waals surface area contributed by atoms with Crippen LogP contribution in [0.4, 0.5) is 23.3 Å². The molecule has 0 amide bonds. The van der Waals surface area contributed by atoms with Crippen LogP contribution in [0.25, 0.3) is 0 Å². The number of aryl methyl sites for hydroxylation is 2. The zero-order valence-electron chi connectivity index (χ0n) is 11.9. The maximum atomic E-state index is 10.2. The Kier molecular flexibility index (Phi) is 5.16. The zero-order valence-corrected chi connectivity index (χ0v) is 11.9. The number of nitrogens with zero attached hydrogens (tertiary/aromatic N) is 6. The number of imidazole rings is 2. The van der Waals surface area contributed by atoms with Gasteiger partial charge in [-0.1, -0.05) is 0 Å². The lowest BCUT2D eigenvalue weighted by Crippen LogP contribution is -1.94. The van der Waals surface area contributed by atoms with Gasteiger partial charge in [-0.3, -0.25) is 0 Å². The third-order valence-corrected chi connectivity index (χ3v) is 2.28. The van der Waals surface area contributed by atoms with E-state index < -0.39 is 43.0 Å². The van der Waals surface area contributed by atoms with E-state index in [0.29, 0.717) is 0 Å². The van der Waals surface area contributed by atoms with Crippen LogP contribution < -0.4 is 0 Å². The molecule has 0 aliphatic heterocycles. The van der Waals surface area contributed by atoms with Crippen molar-refractivity contribution in [2.75, 3.05) is 0 Å². The molecule has 0 aliphatic rings. The SMILES string of the molecule is Cc1nc([N+](=O)[O-])c([N+](=O)[O-])[nH]1.Cc1nc([N+](=O)[O-])c([N+](=O)[O-])[nH]1. The molecule has 0 spiro atoms. The minimum absolute atomic E-state index is 0.147. The Morgan fingerprint density at radius 1 is 0.667 bits per heavy atom. The largest absolute Gasteiger partial charge is 0.462 e. The van der Waals surface area contributed by atoms with Gasteiger partial charge >= 0.3 is 34.9 Å². The van der Waals surface area contributed by atoms with Crippen LogP contribution >= 0.6 is 0 Å². The molecule has 0 unspecified atom stereocenters. The summed E-state index contributed by atoms with van der Waals surface area (Å²) in [4.78, 5) is 48.1. The first-order valence-corrected chi connectivity index (χ1v) is 5.75. The molecule has 2 aromatic heterocycles. The predicted octanol–water partition coefficient (Wildman–Crippen LogP) is 1.07. The summed E-state index contributed by atoms with van der Waals surface area (Å²) in [7, 11) is 0. The van der Waals surface area contributed by atoms with E-state index in [4.69, 9.17) is 0 Å². The second kappa shape index (κ2) is 6.85. The van der Waals surface area contributed by atoms with Gasteiger partial charge in [0.2, 0.25) is 0 Å². The molecule has 128 valence electrons. The second-order valence-corrected chi connectivity index (χ2v) is 4.02. The molecule has 2 N–H and O–H groups in total. The Hall–Kier alpha value is -3.98. The fourth-order valence-corrected chi connectivity index (χ4v) is 1.44. The molecular formula is C8H8N8O8. The van der Waals surface area contributed by atoms with Gasteiger partial charge in [-0.2, -0.15) is 9.97 Å². The van der Waals surface area contributed by atoms with Gasteiger partial charge in [-0.05, 0) is 19.7 Å². The van der Waals surface area contributed by atoms with Crippen LogP contribution in [-0.2, 0) is 0 Å². The van der Waals surface area contributed by atoms with Crippen LogP contribution in [-0.4, -0.2) is 39.6 Å². The van der Waals surface area contributed by atoms with Crippen LogP contribution in [0.5, 0.6) is 0 Å². The number of hydrogen-bond acceptors (Lipinski definition) is 10. The summed E-state index contributed by atoms with van der Waals surface area (Å²) in [5.41, 5.74) is 0. The summed E-state index contributed by atoms with van der Waals surface area (Å²) in [5.74, 6) is -2.58. The number of hydrogen-bond donors (Lipinski definition) is 2. The molecule has 2 aromatic rings. The van der Waals surface area contributed by atoms with Gasteiger partial charge in [-0.25, -0.2) is 0 Å². The fraction of sp³-hybridized carbons (Fsp3) is 0.250. The normalized spacial score (nSPS) is 9.75. The quantitative estimate of drug-likeness (QED) is 0.591. The van der Waals surface area contributed by atoms with Crippen molar-refractivity contribution in [2.24, 2.45) is 0 Å². The monoisotopic (exact) mass is 344 g/mol. The average molecular weight is 344 g/mol. The van der Waals surface area contributed by atoms with Crippen molar-refractivity contribution in [1.29, 1.82) is 0 Å². The summed E-state index contributed by atoms with van der Waals surface area (Å²) >= 11 is 0. The molecule has 0 saturated heterocycles. The zero-order chi connectivity index (χ0) is 18.6. The Bertz CT molecular complexity index is 691. The lowest BCUT2D eigenvalue weighted by Gasteiger charge is -1.88. The molecule has 0 bridgehead atoms. The summed E-state index contributed by atoms with van der Waals surface area (Å²) in [6, 6.07) is 0. The minimum atomic E-state index is -0.901. The number of rotatable bonds is 4. The van der Waals surface area contributed by atoms with Gasteiger partial charge < -0.3 is 40.5 Å². The van der Waals surface area contributed by atoms with E-state index in [9.17, 15) is 40.5 Å². The first-order chi connectivity index (χ1) is 11.0. The van der Waals surface area contributed by atoms with Crippen LogP contribution in [0.3, 0.4) is 0 Å². The predicted molar refractivity (Wildman–Crippen MR) is 73.3 cm³/mol. The average Bonchev–Trinajstić information content (AvgIpc) is 3.03. The summed E-state index contributed by atoms with van der Waals surface area (Å²) in [6.45, 7) is 2.81. The van der Waals surface area contributed by atoms with E-state index in [1.54, 1.807) is 0 Å². The molecule has 16 nitrogen and oxygen atoms in total. The van der Waals surface area contributed by atoms with Gasteiger partial charge in [0.15, 0.2) is 0 Å². The molecule has 16 heteroatoms. The van der Waals surface area contributed by atoms with Crippen LogP contribution in [0.1, 0.15) is 11.6 Å². The second-order valence-electron chi connectivity index (χ2n) is 4.02. The van der Waals surface area contributed by atoms with E-state index in [-0.39, 0.29) is 11.6 Å². The van der Waals surface area contributed by atoms with Crippen LogP contribution in [0.15, 0.2) is 0 Å².